The van der Waals surface area contributed by atoms with Gasteiger partial charge in [0.1, 0.15) is 11.0 Å². The Bertz CT molecular complexity index is 1350. The molecule has 0 aliphatic carbocycles. The first-order chi connectivity index (χ1) is 18.0. The van der Waals surface area contributed by atoms with E-state index in [0.29, 0.717) is 60.3 Å². The minimum Gasteiger partial charge on any atom is -0.396 e. The third-order valence-corrected chi connectivity index (χ3v) is 6.25. The molecular weight excluding hydrogens is 472 g/mol. The Morgan fingerprint density at radius 3 is 2.78 bits per heavy atom. The quantitative estimate of drug-likeness (QED) is 0.171. The smallest absolute Gasteiger partial charge is 0.251 e. The fourth-order valence-electron chi connectivity index (χ4n) is 4.48. The standard InChI is InChI=1S/C26H34N8O3/c1-2-6-18(10-14-36)31-24-23-21(32-26(27)33-24)15-30-34(23)16-17-8-9-20(19-7-5-12-28-22(17)19)25(37)29-11-3-4-13-35/h5,7-9,12,15,18,35-36H,2-4,6,10-11,13-14,16H2,1H3,(H,29,37)(H3,27,31,32,33). The van der Waals surface area contributed by atoms with E-state index in [1.807, 2.05) is 18.2 Å². The predicted molar refractivity (Wildman–Crippen MR) is 143 cm³/mol. The highest BCUT2D eigenvalue weighted by Gasteiger charge is 2.18. The molecule has 0 aliphatic rings. The summed E-state index contributed by atoms with van der Waals surface area (Å²) >= 11 is 0. The van der Waals surface area contributed by atoms with Crippen LogP contribution in [0, 0.1) is 0 Å². The van der Waals surface area contributed by atoms with E-state index < -0.39 is 0 Å². The molecule has 0 bridgehead atoms. The number of carbonyl (C=O) groups excluding carboxylic acids is 1. The van der Waals surface area contributed by atoms with E-state index in [-0.39, 0.29) is 31.1 Å². The average molecular weight is 507 g/mol. The maximum absolute atomic E-state index is 12.8. The highest BCUT2D eigenvalue weighted by Crippen LogP contribution is 2.26. The topological polar surface area (TPSA) is 164 Å². The van der Waals surface area contributed by atoms with Gasteiger partial charge in [0.05, 0.1) is 18.3 Å². The lowest BCUT2D eigenvalue weighted by Gasteiger charge is -2.19. The van der Waals surface area contributed by atoms with Crippen LogP contribution in [-0.2, 0) is 6.54 Å². The Kier molecular flexibility index (Phi) is 8.81. The maximum atomic E-state index is 12.8. The van der Waals surface area contributed by atoms with Crippen molar-refractivity contribution in [1.29, 1.82) is 0 Å². The highest BCUT2D eigenvalue weighted by atomic mass is 16.3. The molecule has 1 atom stereocenters. The van der Waals surface area contributed by atoms with Gasteiger partial charge in [-0.05, 0) is 43.4 Å². The summed E-state index contributed by atoms with van der Waals surface area (Å²) in [4.78, 5) is 26.2. The number of aliphatic hydroxyl groups excluding tert-OH is 2. The molecule has 1 amide bonds. The second-order valence-corrected chi connectivity index (χ2v) is 8.97. The number of benzene rings is 1. The first-order valence-electron chi connectivity index (χ1n) is 12.7. The monoisotopic (exact) mass is 506 g/mol. The van der Waals surface area contributed by atoms with Crippen LogP contribution in [0.25, 0.3) is 21.9 Å². The van der Waals surface area contributed by atoms with Gasteiger partial charge < -0.3 is 26.6 Å². The first-order valence-corrected chi connectivity index (χ1v) is 12.7. The molecular formula is C26H34N8O3. The van der Waals surface area contributed by atoms with E-state index in [4.69, 9.17) is 10.8 Å². The molecule has 4 aromatic rings. The number of anilines is 2. The number of amides is 1. The number of fused-ring (bicyclic) bond motifs is 2. The fraction of sp³-hybridized carbons (Fsp3) is 0.423. The molecule has 11 heteroatoms. The minimum absolute atomic E-state index is 0.0357. The van der Waals surface area contributed by atoms with E-state index in [1.165, 1.54) is 0 Å². The largest absolute Gasteiger partial charge is 0.396 e. The Hall–Kier alpha value is -3.83. The Balaban J connectivity index is 1.67. The van der Waals surface area contributed by atoms with Crippen LogP contribution in [0.3, 0.4) is 0 Å². The van der Waals surface area contributed by atoms with Gasteiger partial charge in [-0.25, -0.2) is 4.98 Å². The van der Waals surface area contributed by atoms with Gasteiger partial charge in [-0.1, -0.05) is 25.5 Å². The van der Waals surface area contributed by atoms with Gasteiger partial charge in [0.15, 0.2) is 5.82 Å². The second kappa shape index (κ2) is 12.4. The zero-order valence-corrected chi connectivity index (χ0v) is 21.0. The third-order valence-electron chi connectivity index (χ3n) is 6.25. The molecule has 11 nitrogen and oxygen atoms in total. The lowest BCUT2D eigenvalue weighted by molar-refractivity contribution is 0.0953. The number of carbonyl (C=O) groups is 1. The number of nitrogens with one attached hydrogen (secondary N) is 2. The van der Waals surface area contributed by atoms with Crippen LogP contribution in [0.2, 0.25) is 0 Å². The van der Waals surface area contributed by atoms with E-state index in [1.54, 1.807) is 23.1 Å². The van der Waals surface area contributed by atoms with Crippen LogP contribution in [-0.4, -0.2) is 66.7 Å². The normalized spacial score (nSPS) is 12.2. The summed E-state index contributed by atoms with van der Waals surface area (Å²) in [6.45, 7) is 3.15. The summed E-state index contributed by atoms with van der Waals surface area (Å²) in [6, 6.07) is 7.43. The van der Waals surface area contributed by atoms with Gasteiger partial charge in [-0.2, -0.15) is 10.1 Å². The van der Waals surface area contributed by atoms with Crippen molar-refractivity contribution >= 4 is 39.6 Å². The Morgan fingerprint density at radius 1 is 1.14 bits per heavy atom. The van der Waals surface area contributed by atoms with Crippen molar-refractivity contribution in [1.82, 2.24) is 30.0 Å². The molecule has 0 saturated heterocycles. The van der Waals surface area contributed by atoms with E-state index >= 15 is 0 Å². The number of aromatic nitrogens is 5. The van der Waals surface area contributed by atoms with E-state index in [2.05, 4.69) is 37.6 Å². The number of unbranched alkanes of at least 4 members (excludes halogenated alkanes) is 1. The van der Waals surface area contributed by atoms with Gasteiger partial charge >= 0.3 is 0 Å². The molecule has 1 unspecified atom stereocenters. The van der Waals surface area contributed by atoms with E-state index in [9.17, 15) is 9.90 Å². The minimum atomic E-state index is -0.173. The summed E-state index contributed by atoms with van der Waals surface area (Å²) in [6.07, 6.45) is 7.14. The van der Waals surface area contributed by atoms with Gasteiger partial charge in [-0.3, -0.25) is 14.5 Å². The molecule has 3 heterocycles. The van der Waals surface area contributed by atoms with Gasteiger partial charge in [0.2, 0.25) is 5.95 Å². The van der Waals surface area contributed by atoms with Crippen LogP contribution in [0.1, 0.15) is 54.9 Å². The molecule has 1 aromatic carbocycles. The summed E-state index contributed by atoms with van der Waals surface area (Å²) < 4.78 is 1.80. The lowest BCUT2D eigenvalue weighted by Crippen LogP contribution is -2.25. The van der Waals surface area contributed by atoms with Crippen molar-refractivity contribution in [2.75, 3.05) is 30.8 Å². The zero-order valence-electron chi connectivity index (χ0n) is 21.0. The molecule has 0 spiro atoms. The third kappa shape index (κ3) is 6.12. The Labute approximate surface area is 215 Å². The van der Waals surface area contributed by atoms with Crippen LogP contribution in [0.15, 0.2) is 36.7 Å². The van der Waals surface area contributed by atoms with E-state index in [0.717, 1.165) is 23.8 Å². The van der Waals surface area contributed by atoms with Gasteiger partial charge in [0.25, 0.3) is 5.91 Å². The molecule has 3 aromatic heterocycles. The number of nitrogens with zero attached hydrogens (tertiary/aromatic N) is 5. The van der Waals surface area contributed by atoms with Crippen molar-refractivity contribution < 1.29 is 15.0 Å². The van der Waals surface area contributed by atoms with Crippen LogP contribution >= 0.6 is 0 Å². The van der Waals surface area contributed by atoms with Crippen LogP contribution in [0.4, 0.5) is 11.8 Å². The zero-order chi connectivity index (χ0) is 26.2. The molecule has 0 aliphatic heterocycles. The molecule has 196 valence electrons. The van der Waals surface area contributed by atoms with Crippen molar-refractivity contribution in [2.24, 2.45) is 0 Å². The number of aliphatic hydroxyl groups is 2. The van der Waals surface area contributed by atoms with Crippen LogP contribution in [0.5, 0.6) is 0 Å². The van der Waals surface area contributed by atoms with Crippen molar-refractivity contribution in [2.45, 2.75) is 51.6 Å². The van der Waals surface area contributed by atoms with Gasteiger partial charge in [-0.15, -0.1) is 0 Å². The number of pyridine rings is 1. The average Bonchev–Trinajstić information content (AvgIpc) is 3.29. The summed E-state index contributed by atoms with van der Waals surface area (Å²) in [7, 11) is 0. The highest BCUT2D eigenvalue weighted by molar-refractivity contribution is 6.06. The van der Waals surface area contributed by atoms with Crippen molar-refractivity contribution in [3.8, 4) is 0 Å². The number of hydrogen-bond donors (Lipinski definition) is 5. The molecule has 0 radical (unpaired) electrons. The molecule has 6 N–H and O–H groups in total. The van der Waals surface area contributed by atoms with Crippen LogP contribution < -0.4 is 16.4 Å². The molecule has 0 fully saturated rings. The summed E-state index contributed by atoms with van der Waals surface area (Å²) in [5, 5.41) is 30.1. The maximum Gasteiger partial charge on any atom is 0.251 e. The number of nitrogen functional groups attached to an aromatic ring is 1. The second-order valence-electron chi connectivity index (χ2n) is 8.97. The SMILES string of the molecule is CCCC(CCO)Nc1nc(N)nc2cnn(Cc3ccc(C(=O)NCCCCO)c4cccnc34)c12. The molecule has 4 rings (SSSR count). The summed E-state index contributed by atoms with van der Waals surface area (Å²) in [5.41, 5.74) is 9.45. The predicted octanol–water partition coefficient (Wildman–Crippen LogP) is 2.47. The fourth-order valence-corrected chi connectivity index (χ4v) is 4.48. The molecule has 0 saturated carbocycles. The van der Waals surface area contributed by atoms with Crippen molar-refractivity contribution in [3.63, 3.8) is 0 Å². The molecule has 37 heavy (non-hydrogen) atoms. The number of hydrogen-bond acceptors (Lipinski definition) is 9. The summed E-state index contributed by atoms with van der Waals surface area (Å²) in [5.74, 6) is 0.548. The first kappa shape index (κ1) is 26.2. The Morgan fingerprint density at radius 2 is 2.00 bits per heavy atom. The van der Waals surface area contributed by atoms with Crippen molar-refractivity contribution in [3.05, 3.63) is 47.8 Å². The lowest BCUT2D eigenvalue weighted by atomic mass is 10.0. The van der Waals surface area contributed by atoms with Gasteiger partial charge in [0, 0.05) is 42.9 Å². The number of nitrogens with two attached hydrogens (primary N) is 1. The number of rotatable bonds is 13.